The highest BCUT2D eigenvalue weighted by atomic mass is 32.1. The smallest absolute Gasteiger partial charge is 0.248 e. The van der Waals surface area contributed by atoms with Gasteiger partial charge >= 0.3 is 0 Å². The predicted octanol–water partition coefficient (Wildman–Crippen LogP) is 2.97. The van der Waals surface area contributed by atoms with E-state index in [1.54, 1.807) is 0 Å². The molecular weight excluding hydrogens is 360 g/mol. The number of hydrogen-bond donors (Lipinski definition) is 2. The van der Waals surface area contributed by atoms with Crippen LogP contribution in [0.2, 0.25) is 0 Å². The standard InChI is InChI=1S/C19H30N6OS/c1-4-20-19(22-13-18-23-15(3)24-26-18)21-12-16(17-6-5-11-27-17)25-9-7-14(2)8-10-25/h5-6,11,14,16H,4,7-10,12-13H2,1-3H3,(H2,20,21,22). The molecule has 7 nitrogen and oxygen atoms in total. The molecule has 1 unspecified atom stereocenters. The van der Waals surface area contributed by atoms with Crippen LogP contribution in [-0.4, -0.2) is 47.2 Å². The van der Waals surface area contributed by atoms with Crippen molar-refractivity contribution in [3.8, 4) is 0 Å². The molecule has 1 saturated heterocycles. The van der Waals surface area contributed by atoms with Gasteiger partial charge in [-0.15, -0.1) is 11.3 Å². The Morgan fingerprint density at radius 3 is 2.85 bits per heavy atom. The molecule has 8 heteroatoms. The van der Waals surface area contributed by atoms with Crippen LogP contribution >= 0.6 is 11.3 Å². The van der Waals surface area contributed by atoms with Crippen molar-refractivity contribution in [2.24, 2.45) is 10.9 Å². The van der Waals surface area contributed by atoms with Crippen molar-refractivity contribution in [2.75, 3.05) is 26.2 Å². The zero-order chi connectivity index (χ0) is 19.1. The highest BCUT2D eigenvalue weighted by Gasteiger charge is 2.25. The lowest BCUT2D eigenvalue weighted by molar-refractivity contribution is 0.140. The summed E-state index contributed by atoms with van der Waals surface area (Å²) in [4.78, 5) is 12.8. The molecule has 0 aliphatic carbocycles. The van der Waals surface area contributed by atoms with Crippen molar-refractivity contribution < 1.29 is 4.52 Å². The van der Waals surface area contributed by atoms with E-state index in [2.05, 4.69) is 62.0 Å². The Balaban J connectivity index is 1.64. The maximum absolute atomic E-state index is 5.15. The van der Waals surface area contributed by atoms with Gasteiger partial charge in [0.05, 0.1) is 6.04 Å². The number of rotatable bonds is 7. The highest BCUT2D eigenvalue weighted by molar-refractivity contribution is 7.10. The number of likely N-dealkylation sites (tertiary alicyclic amines) is 1. The first-order valence-corrected chi connectivity index (χ1v) is 10.6. The Morgan fingerprint density at radius 1 is 1.41 bits per heavy atom. The molecule has 1 fully saturated rings. The van der Waals surface area contributed by atoms with Gasteiger partial charge in [0.15, 0.2) is 11.8 Å². The second-order valence-electron chi connectivity index (χ2n) is 7.06. The minimum atomic E-state index is 0.368. The average molecular weight is 391 g/mol. The summed E-state index contributed by atoms with van der Waals surface area (Å²) in [5.41, 5.74) is 0. The molecule has 0 aromatic carbocycles. The molecule has 0 spiro atoms. The first-order chi connectivity index (χ1) is 13.2. The summed E-state index contributed by atoms with van der Waals surface area (Å²) in [6, 6.07) is 4.74. The van der Waals surface area contributed by atoms with E-state index < -0.39 is 0 Å². The van der Waals surface area contributed by atoms with Gasteiger partial charge in [0.1, 0.15) is 6.54 Å². The molecule has 0 saturated carbocycles. The summed E-state index contributed by atoms with van der Waals surface area (Å²) in [5, 5.41) is 12.8. The van der Waals surface area contributed by atoms with Crippen molar-refractivity contribution in [1.82, 2.24) is 25.7 Å². The fourth-order valence-corrected chi connectivity index (χ4v) is 4.18. The molecule has 2 N–H and O–H groups in total. The lowest BCUT2D eigenvalue weighted by atomic mass is 9.97. The van der Waals surface area contributed by atoms with Gasteiger partial charge in [0, 0.05) is 18.0 Å². The Hall–Kier alpha value is -1.93. The second kappa shape index (κ2) is 9.85. The van der Waals surface area contributed by atoms with Gasteiger partial charge in [-0.25, -0.2) is 4.99 Å². The van der Waals surface area contributed by atoms with Crippen molar-refractivity contribution >= 4 is 17.3 Å². The summed E-state index contributed by atoms with van der Waals surface area (Å²) in [7, 11) is 0. The Bertz CT molecular complexity index is 706. The summed E-state index contributed by atoms with van der Waals surface area (Å²) in [5.74, 6) is 2.77. The van der Waals surface area contributed by atoms with E-state index in [0.717, 1.165) is 38.1 Å². The summed E-state index contributed by atoms with van der Waals surface area (Å²) < 4.78 is 5.15. The van der Waals surface area contributed by atoms with E-state index in [-0.39, 0.29) is 0 Å². The third-order valence-corrected chi connectivity index (χ3v) is 5.85. The summed E-state index contributed by atoms with van der Waals surface area (Å²) in [6.45, 7) is 10.5. The van der Waals surface area contributed by atoms with Crippen LogP contribution in [0.3, 0.4) is 0 Å². The molecule has 3 rings (SSSR count). The van der Waals surface area contributed by atoms with Crippen LogP contribution in [0, 0.1) is 12.8 Å². The SMILES string of the molecule is CCNC(=NCc1nc(C)no1)NCC(c1cccs1)N1CCC(C)CC1. The fraction of sp³-hybridized carbons (Fsp3) is 0.632. The van der Waals surface area contributed by atoms with Crippen molar-refractivity contribution in [3.05, 3.63) is 34.1 Å². The number of nitrogens with one attached hydrogen (secondary N) is 2. The minimum Gasteiger partial charge on any atom is -0.357 e. The van der Waals surface area contributed by atoms with Crippen LogP contribution in [0.1, 0.15) is 49.3 Å². The van der Waals surface area contributed by atoms with Crippen LogP contribution < -0.4 is 10.6 Å². The van der Waals surface area contributed by atoms with E-state index in [1.807, 2.05) is 18.3 Å². The van der Waals surface area contributed by atoms with E-state index in [0.29, 0.717) is 24.3 Å². The first-order valence-electron chi connectivity index (χ1n) is 9.74. The van der Waals surface area contributed by atoms with Gasteiger partial charge in [-0.1, -0.05) is 18.1 Å². The number of hydrogen-bond acceptors (Lipinski definition) is 6. The molecule has 2 aromatic rings. The van der Waals surface area contributed by atoms with Crippen molar-refractivity contribution in [3.63, 3.8) is 0 Å². The molecule has 0 radical (unpaired) electrons. The van der Waals surface area contributed by atoms with Crippen LogP contribution in [0.5, 0.6) is 0 Å². The third-order valence-electron chi connectivity index (χ3n) is 4.88. The van der Waals surface area contributed by atoms with E-state index in [9.17, 15) is 0 Å². The average Bonchev–Trinajstić information content (AvgIpc) is 3.33. The molecular formula is C19H30N6OS. The molecule has 1 aliphatic rings. The molecule has 3 heterocycles. The largest absolute Gasteiger partial charge is 0.357 e. The minimum absolute atomic E-state index is 0.368. The monoisotopic (exact) mass is 390 g/mol. The van der Waals surface area contributed by atoms with Crippen LogP contribution in [0.25, 0.3) is 0 Å². The molecule has 2 aromatic heterocycles. The molecule has 0 bridgehead atoms. The topological polar surface area (TPSA) is 78.6 Å². The van der Waals surface area contributed by atoms with Crippen molar-refractivity contribution in [1.29, 1.82) is 0 Å². The summed E-state index contributed by atoms with van der Waals surface area (Å²) >= 11 is 1.83. The number of aliphatic imine (C=N–C) groups is 1. The normalized spacial score (nSPS) is 17.8. The van der Waals surface area contributed by atoms with Gasteiger partial charge in [0.2, 0.25) is 5.89 Å². The van der Waals surface area contributed by atoms with Crippen molar-refractivity contribution in [2.45, 2.75) is 46.2 Å². The quantitative estimate of drug-likeness (QED) is 0.559. The predicted molar refractivity (Wildman–Crippen MR) is 109 cm³/mol. The lowest BCUT2D eigenvalue weighted by Crippen LogP contribution is -2.45. The fourth-order valence-electron chi connectivity index (χ4n) is 3.32. The number of aromatic nitrogens is 2. The number of piperidine rings is 1. The van der Waals surface area contributed by atoms with E-state index >= 15 is 0 Å². The van der Waals surface area contributed by atoms with Gasteiger partial charge in [-0.3, -0.25) is 4.90 Å². The Kier molecular flexibility index (Phi) is 7.23. The maximum atomic E-state index is 5.15. The van der Waals surface area contributed by atoms with Gasteiger partial charge in [-0.2, -0.15) is 4.98 Å². The number of nitrogens with zero attached hydrogens (tertiary/aromatic N) is 4. The van der Waals surface area contributed by atoms with E-state index in [1.165, 1.54) is 17.7 Å². The van der Waals surface area contributed by atoms with Gasteiger partial charge in [-0.05, 0) is 57.1 Å². The molecule has 27 heavy (non-hydrogen) atoms. The number of guanidine groups is 1. The maximum Gasteiger partial charge on any atom is 0.248 e. The molecule has 1 aliphatic heterocycles. The number of thiophene rings is 1. The Morgan fingerprint density at radius 2 is 2.22 bits per heavy atom. The van der Waals surface area contributed by atoms with E-state index in [4.69, 9.17) is 4.52 Å². The van der Waals surface area contributed by atoms with Crippen LogP contribution in [0.15, 0.2) is 27.0 Å². The second-order valence-corrected chi connectivity index (χ2v) is 8.04. The van der Waals surface area contributed by atoms with Crippen LogP contribution in [0.4, 0.5) is 0 Å². The third kappa shape index (κ3) is 5.77. The highest BCUT2D eigenvalue weighted by Crippen LogP contribution is 2.29. The molecule has 148 valence electrons. The van der Waals surface area contributed by atoms with Gasteiger partial charge < -0.3 is 15.2 Å². The summed E-state index contributed by atoms with van der Waals surface area (Å²) in [6.07, 6.45) is 2.54. The zero-order valence-corrected chi connectivity index (χ0v) is 17.3. The lowest BCUT2D eigenvalue weighted by Gasteiger charge is -2.36. The molecule has 0 amide bonds. The Labute approximate surface area is 165 Å². The molecule has 1 atom stereocenters. The first kappa shape index (κ1) is 19.8. The van der Waals surface area contributed by atoms with Gasteiger partial charge in [0.25, 0.3) is 0 Å². The number of aryl methyl sites for hydroxylation is 1. The zero-order valence-electron chi connectivity index (χ0n) is 16.4. The van der Waals surface area contributed by atoms with Crippen LogP contribution in [-0.2, 0) is 6.54 Å².